The van der Waals surface area contributed by atoms with Crippen LogP contribution in [0.5, 0.6) is 5.75 Å². The maximum atomic E-state index is 13.5. The third-order valence-corrected chi connectivity index (χ3v) is 6.16. The Morgan fingerprint density at radius 3 is 2.09 bits per heavy atom. The second-order valence-corrected chi connectivity index (χ2v) is 8.07. The minimum Gasteiger partial charge on any atom is -0.495 e. The number of aromatic nitrogens is 1. The summed E-state index contributed by atoms with van der Waals surface area (Å²) in [6.07, 6.45) is 0. The van der Waals surface area contributed by atoms with E-state index in [1.807, 2.05) is 78.9 Å². The first-order valence-electron chi connectivity index (χ1n) is 10.0. The lowest BCUT2D eigenvalue weighted by molar-refractivity contribution is -0.141. The summed E-state index contributed by atoms with van der Waals surface area (Å²) in [4.78, 5) is 30.6. The molecule has 0 saturated carbocycles. The monoisotopic (exact) mass is 446 g/mol. The van der Waals surface area contributed by atoms with E-state index in [0.717, 1.165) is 15.8 Å². The van der Waals surface area contributed by atoms with Crippen LogP contribution in [-0.2, 0) is 20.9 Å². The SMILES string of the molecule is COC(=O)Cn1c(=NC(=O)C(c2ccccc2)c2ccccc2)sc2cccc(OC)c21. The van der Waals surface area contributed by atoms with Crippen LogP contribution >= 0.6 is 11.3 Å². The molecule has 7 heteroatoms. The predicted octanol–water partition coefficient (Wildman–Crippen LogP) is 4.14. The van der Waals surface area contributed by atoms with Gasteiger partial charge in [-0.05, 0) is 23.3 Å². The van der Waals surface area contributed by atoms with Crippen molar-refractivity contribution in [3.05, 3.63) is 94.8 Å². The number of carbonyl (C=O) groups is 2. The van der Waals surface area contributed by atoms with Crippen molar-refractivity contribution in [3.63, 3.8) is 0 Å². The molecule has 0 aliphatic heterocycles. The Kier molecular flexibility index (Phi) is 6.47. The lowest BCUT2D eigenvalue weighted by Gasteiger charge is -2.14. The number of fused-ring (bicyclic) bond motifs is 1. The molecule has 0 fully saturated rings. The number of amides is 1. The van der Waals surface area contributed by atoms with Gasteiger partial charge in [0.15, 0.2) is 4.80 Å². The van der Waals surface area contributed by atoms with Crippen LogP contribution in [-0.4, -0.2) is 30.7 Å². The molecule has 1 heterocycles. The molecule has 0 saturated heterocycles. The first-order chi connectivity index (χ1) is 15.6. The Balaban J connectivity index is 1.89. The summed E-state index contributed by atoms with van der Waals surface area (Å²) in [6, 6.07) is 24.7. The van der Waals surface area contributed by atoms with E-state index in [2.05, 4.69) is 4.99 Å². The first-order valence-corrected chi connectivity index (χ1v) is 10.9. The standard InChI is InChI=1S/C25H22N2O4S/c1-30-19-14-9-15-20-23(19)27(16-21(28)31-2)25(32-20)26-24(29)22(17-10-5-3-6-11-17)18-12-7-4-8-13-18/h3-15,22H,16H2,1-2H3. The van der Waals surface area contributed by atoms with Gasteiger partial charge in [-0.25, -0.2) is 0 Å². The quantitative estimate of drug-likeness (QED) is 0.418. The van der Waals surface area contributed by atoms with E-state index in [1.165, 1.54) is 18.4 Å². The van der Waals surface area contributed by atoms with Crippen LogP contribution in [0.2, 0.25) is 0 Å². The Bertz CT molecular complexity index is 1270. The third kappa shape index (κ3) is 4.33. The number of ether oxygens (including phenoxy) is 2. The number of nitrogens with zero attached hydrogens (tertiary/aromatic N) is 2. The maximum absolute atomic E-state index is 13.5. The number of carbonyl (C=O) groups excluding carboxylic acids is 2. The van der Waals surface area contributed by atoms with Crippen molar-refractivity contribution in [2.75, 3.05) is 14.2 Å². The molecule has 0 unspecified atom stereocenters. The fraction of sp³-hybridized carbons (Fsp3) is 0.160. The van der Waals surface area contributed by atoms with Crippen molar-refractivity contribution in [2.45, 2.75) is 12.5 Å². The zero-order chi connectivity index (χ0) is 22.5. The summed E-state index contributed by atoms with van der Waals surface area (Å²) in [5, 5.41) is 0. The number of methoxy groups -OCH3 is 2. The van der Waals surface area contributed by atoms with Gasteiger partial charge in [0.1, 0.15) is 17.8 Å². The molecule has 32 heavy (non-hydrogen) atoms. The van der Waals surface area contributed by atoms with Gasteiger partial charge in [-0.3, -0.25) is 9.59 Å². The van der Waals surface area contributed by atoms with Crippen LogP contribution in [0.1, 0.15) is 17.0 Å². The molecular formula is C25H22N2O4S. The number of hydrogen-bond acceptors (Lipinski definition) is 5. The van der Waals surface area contributed by atoms with E-state index >= 15 is 0 Å². The molecule has 1 amide bonds. The van der Waals surface area contributed by atoms with Crippen LogP contribution in [0.3, 0.4) is 0 Å². The zero-order valence-corrected chi connectivity index (χ0v) is 18.5. The van der Waals surface area contributed by atoms with Crippen LogP contribution in [0.25, 0.3) is 10.2 Å². The number of rotatable bonds is 6. The fourth-order valence-corrected chi connectivity index (χ4v) is 4.67. The second-order valence-electron chi connectivity index (χ2n) is 7.06. The molecule has 3 aromatic carbocycles. The molecule has 162 valence electrons. The van der Waals surface area contributed by atoms with Gasteiger partial charge in [-0.2, -0.15) is 4.99 Å². The van der Waals surface area contributed by atoms with Gasteiger partial charge in [0.05, 0.1) is 24.8 Å². The minimum atomic E-state index is -0.559. The van der Waals surface area contributed by atoms with Crippen molar-refractivity contribution in [1.29, 1.82) is 0 Å². The Labute approximate surface area is 189 Å². The highest BCUT2D eigenvalue weighted by atomic mass is 32.1. The smallest absolute Gasteiger partial charge is 0.325 e. The van der Waals surface area contributed by atoms with Crippen molar-refractivity contribution < 1.29 is 19.1 Å². The lowest BCUT2D eigenvalue weighted by Crippen LogP contribution is -2.24. The molecule has 0 atom stereocenters. The van der Waals surface area contributed by atoms with Gasteiger partial charge >= 0.3 is 5.97 Å². The maximum Gasteiger partial charge on any atom is 0.325 e. The van der Waals surface area contributed by atoms with Gasteiger partial charge in [0, 0.05) is 0 Å². The number of thiazole rings is 1. The summed E-state index contributed by atoms with van der Waals surface area (Å²) < 4.78 is 12.9. The van der Waals surface area contributed by atoms with Crippen molar-refractivity contribution in [3.8, 4) is 5.75 Å². The molecule has 4 rings (SSSR count). The van der Waals surface area contributed by atoms with Crippen molar-refractivity contribution >= 4 is 33.4 Å². The van der Waals surface area contributed by atoms with Gasteiger partial charge in [-0.1, -0.05) is 78.1 Å². The number of esters is 1. The second kappa shape index (κ2) is 9.62. The van der Waals surface area contributed by atoms with Gasteiger partial charge in [0.25, 0.3) is 5.91 Å². The first kappa shape index (κ1) is 21.5. The van der Waals surface area contributed by atoms with Crippen LogP contribution in [0.4, 0.5) is 0 Å². The summed E-state index contributed by atoms with van der Waals surface area (Å²) in [5.74, 6) is -0.714. The molecule has 4 aromatic rings. The summed E-state index contributed by atoms with van der Waals surface area (Å²) in [5.41, 5.74) is 2.41. The number of hydrogen-bond donors (Lipinski definition) is 0. The van der Waals surface area contributed by atoms with Crippen molar-refractivity contribution in [2.24, 2.45) is 4.99 Å². The summed E-state index contributed by atoms with van der Waals surface area (Å²) >= 11 is 1.33. The molecule has 0 spiro atoms. The topological polar surface area (TPSA) is 69.9 Å². The highest BCUT2D eigenvalue weighted by Crippen LogP contribution is 2.29. The van der Waals surface area contributed by atoms with E-state index in [1.54, 1.807) is 11.7 Å². The van der Waals surface area contributed by atoms with Crippen LogP contribution < -0.4 is 9.54 Å². The van der Waals surface area contributed by atoms with Gasteiger partial charge in [-0.15, -0.1) is 0 Å². The number of para-hydroxylation sites is 1. The van der Waals surface area contributed by atoms with Crippen LogP contribution in [0, 0.1) is 0 Å². The van der Waals surface area contributed by atoms with E-state index < -0.39 is 11.9 Å². The van der Waals surface area contributed by atoms with Gasteiger partial charge in [0.2, 0.25) is 0 Å². The normalized spacial score (nSPS) is 11.7. The van der Waals surface area contributed by atoms with E-state index in [4.69, 9.17) is 9.47 Å². The average molecular weight is 447 g/mol. The Morgan fingerprint density at radius 1 is 0.906 bits per heavy atom. The molecule has 0 radical (unpaired) electrons. The van der Waals surface area contributed by atoms with Crippen LogP contribution in [0.15, 0.2) is 83.9 Å². The highest BCUT2D eigenvalue weighted by Gasteiger charge is 2.23. The molecule has 6 nitrogen and oxygen atoms in total. The highest BCUT2D eigenvalue weighted by molar-refractivity contribution is 7.16. The van der Waals surface area contributed by atoms with E-state index in [-0.39, 0.29) is 12.5 Å². The third-order valence-electron chi connectivity index (χ3n) is 5.12. The van der Waals surface area contributed by atoms with Gasteiger partial charge < -0.3 is 14.0 Å². The number of benzene rings is 3. The molecule has 0 N–H and O–H groups in total. The lowest BCUT2D eigenvalue weighted by atomic mass is 9.91. The zero-order valence-electron chi connectivity index (χ0n) is 17.7. The fourth-order valence-electron chi connectivity index (χ4n) is 3.62. The molecule has 0 bridgehead atoms. The van der Waals surface area contributed by atoms with E-state index in [0.29, 0.717) is 16.1 Å². The largest absolute Gasteiger partial charge is 0.495 e. The Morgan fingerprint density at radius 2 is 1.53 bits per heavy atom. The molecule has 1 aromatic heterocycles. The predicted molar refractivity (Wildman–Crippen MR) is 124 cm³/mol. The summed E-state index contributed by atoms with van der Waals surface area (Å²) in [7, 11) is 2.90. The summed E-state index contributed by atoms with van der Waals surface area (Å²) in [6.45, 7) is -0.0790. The molecule has 0 aliphatic rings. The molecular weight excluding hydrogens is 424 g/mol. The average Bonchev–Trinajstić information content (AvgIpc) is 3.17. The van der Waals surface area contributed by atoms with Crippen molar-refractivity contribution in [1.82, 2.24) is 4.57 Å². The van der Waals surface area contributed by atoms with E-state index in [9.17, 15) is 9.59 Å². The Hall–Kier alpha value is -3.71. The molecule has 0 aliphatic carbocycles. The minimum absolute atomic E-state index is 0.0790.